The van der Waals surface area contributed by atoms with E-state index in [-0.39, 0.29) is 84.2 Å². The van der Waals surface area contributed by atoms with Gasteiger partial charge in [-0.05, 0) is 0 Å². The van der Waals surface area contributed by atoms with Crippen LogP contribution in [0.5, 0.6) is 0 Å². The van der Waals surface area contributed by atoms with Crippen molar-refractivity contribution in [2.24, 2.45) is 0 Å². The summed E-state index contributed by atoms with van der Waals surface area (Å²) in [6.07, 6.45) is 0. The van der Waals surface area contributed by atoms with Crippen LogP contribution in [-0.4, -0.2) is 39.6 Å². The number of hydrogen-bond donors (Lipinski definition) is 1. The molecule has 0 heterocycles. The van der Waals surface area contributed by atoms with E-state index in [0.717, 1.165) is 6.92 Å². The zero-order valence-corrected chi connectivity index (χ0v) is 9.10. The maximum atomic E-state index is 9.00. The minimum absolute atomic E-state index is 0. The van der Waals surface area contributed by atoms with Gasteiger partial charge in [-0.15, -0.1) is 0 Å². The summed E-state index contributed by atoms with van der Waals surface area (Å²) in [6.45, 7) is 1.08. The second kappa shape index (κ2) is 15.7. The van der Waals surface area contributed by atoms with Crippen LogP contribution >= 0.6 is 0 Å². The molecular formula is C2H9KMgO3. The Morgan fingerprint density at radius 3 is 1.71 bits per heavy atom. The molecule has 3 N–H and O–H groups in total. The average Bonchev–Trinajstić information content (AvgIpc) is 0.811. The summed E-state index contributed by atoms with van der Waals surface area (Å²) < 4.78 is 0. The number of hydrogen-bond acceptors (Lipinski definition) is 1. The van der Waals surface area contributed by atoms with E-state index in [9.17, 15) is 0 Å². The van der Waals surface area contributed by atoms with Gasteiger partial charge in [0, 0.05) is 6.92 Å². The fourth-order valence-electron chi connectivity index (χ4n) is 0. The Balaban J connectivity index is -0.00000000300. The van der Waals surface area contributed by atoms with Crippen LogP contribution in [0.3, 0.4) is 0 Å². The molecule has 0 aromatic carbocycles. The molecule has 0 aliphatic carbocycles. The molecule has 0 atom stereocenters. The Morgan fingerprint density at radius 2 is 1.71 bits per heavy atom. The standard InChI is InChI=1S/C2H4O2.K.Mg.H2O.3H/c1-2(3)4;;;;;;/h1H3,(H,3,4);;;1H2;;;/q;+1;+2;;3*-1. The van der Waals surface area contributed by atoms with Crippen molar-refractivity contribution in [3.05, 3.63) is 0 Å². The van der Waals surface area contributed by atoms with Gasteiger partial charge in [0.15, 0.2) is 0 Å². The number of carboxylic acids is 1. The van der Waals surface area contributed by atoms with Gasteiger partial charge in [0.05, 0.1) is 0 Å². The second-order valence-corrected chi connectivity index (χ2v) is 0.519. The summed E-state index contributed by atoms with van der Waals surface area (Å²) in [5.74, 6) is -0.833. The average molecular weight is 144 g/mol. The molecule has 38 valence electrons. The zero-order chi connectivity index (χ0) is 3.58. The van der Waals surface area contributed by atoms with Gasteiger partial charge in [0.2, 0.25) is 0 Å². The normalized spacial score (nSPS) is 3.57. The van der Waals surface area contributed by atoms with E-state index in [1.807, 2.05) is 0 Å². The molecule has 0 saturated heterocycles. The molecule has 0 aromatic rings. The van der Waals surface area contributed by atoms with Gasteiger partial charge in [0.1, 0.15) is 0 Å². The first-order valence-electron chi connectivity index (χ1n) is 0.928. The topological polar surface area (TPSA) is 68.8 Å². The van der Waals surface area contributed by atoms with E-state index in [1.54, 1.807) is 0 Å². The van der Waals surface area contributed by atoms with Gasteiger partial charge >= 0.3 is 74.4 Å². The third kappa shape index (κ3) is 79.3. The first-order valence-corrected chi connectivity index (χ1v) is 0.928. The quantitative estimate of drug-likeness (QED) is 0.355. The van der Waals surface area contributed by atoms with Crippen molar-refractivity contribution in [1.82, 2.24) is 0 Å². The van der Waals surface area contributed by atoms with Crippen molar-refractivity contribution in [2.75, 3.05) is 0 Å². The monoisotopic (exact) mass is 144 g/mol. The van der Waals surface area contributed by atoms with Crippen LogP contribution in [-0.2, 0) is 4.79 Å². The van der Waals surface area contributed by atoms with Gasteiger partial charge in [0.25, 0.3) is 5.97 Å². The molecule has 5 heteroatoms. The predicted molar refractivity (Wildman–Crippen MR) is 26.0 cm³/mol. The van der Waals surface area contributed by atoms with E-state index in [4.69, 9.17) is 9.90 Å². The van der Waals surface area contributed by atoms with Crippen LogP contribution in [0.2, 0.25) is 0 Å². The fraction of sp³-hybridized carbons (Fsp3) is 0.500. The molecule has 0 unspecified atom stereocenters. The number of rotatable bonds is 0. The third-order valence-electron chi connectivity index (χ3n) is 0. The Labute approximate surface area is 105 Å². The number of aliphatic carboxylic acids is 1. The van der Waals surface area contributed by atoms with E-state index in [1.165, 1.54) is 0 Å². The van der Waals surface area contributed by atoms with E-state index in [0.29, 0.717) is 0 Å². The molecule has 0 saturated carbocycles. The van der Waals surface area contributed by atoms with Crippen LogP contribution in [0.15, 0.2) is 0 Å². The summed E-state index contributed by atoms with van der Waals surface area (Å²) >= 11 is 0. The van der Waals surface area contributed by atoms with E-state index in [2.05, 4.69) is 0 Å². The molecular weight excluding hydrogens is 135 g/mol. The number of carbonyl (C=O) groups is 1. The molecule has 0 spiro atoms. The molecule has 0 bridgehead atoms. The minimum Gasteiger partial charge on any atom is -1.00 e. The molecule has 7 heavy (non-hydrogen) atoms. The van der Waals surface area contributed by atoms with Crippen molar-refractivity contribution < 1.29 is 71.0 Å². The number of carboxylic acid groups (broad SMARTS) is 1. The van der Waals surface area contributed by atoms with Gasteiger partial charge in [-0.3, -0.25) is 4.79 Å². The van der Waals surface area contributed by atoms with Crippen molar-refractivity contribution >= 4 is 29.0 Å². The van der Waals surface area contributed by atoms with E-state index < -0.39 is 5.97 Å². The van der Waals surface area contributed by atoms with Gasteiger partial charge in [-0.2, -0.15) is 0 Å². The molecule has 0 radical (unpaired) electrons. The fourth-order valence-corrected chi connectivity index (χ4v) is 0. The molecule has 0 aliphatic rings. The van der Waals surface area contributed by atoms with E-state index >= 15 is 0 Å². The molecule has 0 aromatic heterocycles. The van der Waals surface area contributed by atoms with Crippen LogP contribution in [0.25, 0.3) is 0 Å². The summed E-state index contributed by atoms with van der Waals surface area (Å²) in [5.41, 5.74) is 0. The molecule has 0 fully saturated rings. The van der Waals surface area contributed by atoms with Crippen LogP contribution in [0.4, 0.5) is 0 Å². The summed E-state index contributed by atoms with van der Waals surface area (Å²) in [6, 6.07) is 0. The Morgan fingerprint density at radius 1 is 1.71 bits per heavy atom. The third-order valence-corrected chi connectivity index (χ3v) is 0. The van der Waals surface area contributed by atoms with Crippen molar-refractivity contribution in [2.45, 2.75) is 6.92 Å². The van der Waals surface area contributed by atoms with Crippen LogP contribution in [0.1, 0.15) is 11.2 Å². The Kier molecular flexibility index (Phi) is 51.9. The molecule has 0 rings (SSSR count). The largest absolute Gasteiger partial charge is 2.00 e. The van der Waals surface area contributed by atoms with Crippen molar-refractivity contribution in [3.63, 3.8) is 0 Å². The molecule has 0 aliphatic heterocycles. The summed E-state index contributed by atoms with van der Waals surface area (Å²) in [7, 11) is 0. The van der Waals surface area contributed by atoms with Gasteiger partial charge in [-0.25, -0.2) is 0 Å². The van der Waals surface area contributed by atoms with Gasteiger partial charge in [-0.1, -0.05) is 0 Å². The maximum Gasteiger partial charge on any atom is 2.00 e. The molecule has 0 amide bonds. The second-order valence-electron chi connectivity index (χ2n) is 0.519. The van der Waals surface area contributed by atoms with Crippen LogP contribution in [0, 0.1) is 0 Å². The van der Waals surface area contributed by atoms with Crippen molar-refractivity contribution in [1.29, 1.82) is 0 Å². The minimum atomic E-state index is -0.833. The maximum absolute atomic E-state index is 9.00. The summed E-state index contributed by atoms with van der Waals surface area (Å²) in [5, 5.41) is 7.42. The zero-order valence-electron chi connectivity index (χ0n) is 7.56. The Hall–Kier alpha value is 1.83. The smallest absolute Gasteiger partial charge is 1.00 e. The van der Waals surface area contributed by atoms with Crippen molar-refractivity contribution in [3.8, 4) is 0 Å². The predicted octanol–water partition coefficient (Wildman–Crippen LogP) is -3.77. The SMILES string of the molecule is CC(=O)O.O.[H-].[H-].[H-].[K+].[Mg+2]. The molecule has 3 nitrogen and oxygen atoms in total. The Bertz CT molecular complexity index is 44.7. The van der Waals surface area contributed by atoms with Crippen LogP contribution < -0.4 is 51.4 Å². The first kappa shape index (κ1) is 23.2. The first-order chi connectivity index (χ1) is 1.73. The van der Waals surface area contributed by atoms with Gasteiger partial charge < -0.3 is 14.9 Å². The summed E-state index contributed by atoms with van der Waals surface area (Å²) in [4.78, 5) is 9.00.